The Morgan fingerprint density at radius 1 is 1.52 bits per heavy atom. The highest BCUT2D eigenvalue weighted by molar-refractivity contribution is 6.00. The Morgan fingerprint density at radius 2 is 2.26 bits per heavy atom. The summed E-state index contributed by atoms with van der Waals surface area (Å²) in [4.78, 5) is 25.4. The third-order valence-corrected chi connectivity index (χ3v) is 3.56. The van der Waals surface area contributed by atoms with E-state index in [2.05, 4.69) is 11.2 Å². The van der Waals surface area contributed by atoms with E-state index in [1.54, 1.807) is 0 Å². The van der Waals surface area contributed by atoms with Gasteiger partial charge in [0.25, 0.3) is 0 Å². The second-order valence-corrected chi connectivity index (χ2v) is 5.19. The number of carbonyl (C=O) groups is 2. The quantitative estimate of drug-likeness (QED) is 0.826. The minimum atomic E-state index is -1.05. The first-order valence-corrected chi connectivity index (χ1v) is 6.97. The van der Waals surface area contributed by atoms with E-state index in [9.17, 15) is 18.4 Å². The Kier molecular flexibility index (Phi) is 5.29. The Hall–Kier alpha value is -2.46. The van der Waals surface area contributed by atoms with E-state index in [1.165, 1.54) is 18.1 Å². The van der Waals surface area contributed by atoms with Crippen molar-refractivity contribution in [2.75, 3.05) is 25.2 Å². The molecular weight excluding hydrogens is 306 g/mol. The zero-order chi connectivity index (χ0) is 17.0. The molecule has 1 heterocycles. The molecule has 122 valence electrons. The molecule has 1 fully saturated rings. The summed E-state index contributed by atoms with van der Waals surface area (Å²) in [6.45, 7) is 0.246. The lowest BCUT2D eigenvalue weighted by Gasteiger charge is -2.18. The summed E-state index contributed by atoms with van der Waals surface area (Å²) in [6, 6.07) is 2.59. The Balaban J connectivity index is 2.06. The van der Waals surface area contributed by atoms with Crippen molar-refractivity contribution in [2.24, 2.45) is 5.92 Å². The molecule has 0 bridgehead atoms. The van der Waals surface area contributed by atoms with Crippen LogP contribution in [0.4, 0.5) is 14.5 Å². The SMILES string of the molecule is C#CC(COC)NC(=O)C1CC(=O)N(c2ccc(F)c(F)c2)C1. The molecule has 0 radical (unpaired) electrons. The molecule has 5 nitrogen and oxygen atoms in total. The number of methoxy groups -OCH3 is 1. The fourth-order valence-electron chi connectivity index (χ4n) is 2.37. The van der Waals surface area contributed by atoms with Crippen molar-refractivity contribution >= 4 is 17.5 Å². The summed E-state index contributed by atoms with van der Waals surface area (Å²) in [5.74, 6) is -0.975. The number of halogens is 2. The van der Waals surface area contributed by atoms with Crippen LogP contribution in [-0.2, 0) is 14.3 Å². The van der Waals surface area contributed by atoms with Crippen molar-refractivity contribution < 1.29 is 23.1 Å². The molecule has 1 aliphatic rings. The zero-order valence-corrected chi connectivity index (χ0v) is 12.5. The maximum Gasteiger partial charge on any atom is 0.227 e. The molecule has 0 aliphatic carbocycles. The Bertz CT molecular complexity index is 657. The Labute approximate surface area is 132 Å². The van der Waals surface area contributed by atoms with Gasteiger partial charge in [-0.25, -0.2) is 8.78 Å². The van der Waals surface area contributed by atoms with Crippen molar-refractivity contribution in [3.05, 3.63) is 29.8 Å². The number of benzene rings is 1. The first-order chi connectivity index (χ1) is 11.0. The van der Waals surface area contributed by atoms with Crippen LogP contribution in [0, 0.1) is 29.9 Å². The maximum atomic E-state index is 13.3. The van der Waals surface area contributed by atoms with Crippen molar-refractivity contribution in [1.29, 1.82) is 0 Å². The fraction of sp³-hybridized carbons (Fsp3) is 0.375. The minimum absolute atomic E-state index is 0.0187. The van der Waals surface area contributed by atoms with Gasteiger partial charge < -0.3 is 15.0 Å². The lowest BCUT2D eigenvalue weighted by Crippen LogP contribution is -2.41. The van der Waals surface area contributed by atoms with Gasteiger partial charge in [0.05, 0.1) is 12.5 Å². The summed E-state index contributed by atoms with van der Waals surface area (Å²) in [7, 11) is 1.46. The van der Waals surface area contributed by atoms with Gasteiger partial charge in [-0.1, -0.05) is 5.92 Å². The highest BCUT2D eigenvalue weighted by Crippen LogP contribution is 2.26. The van der Waals surface area contributed by atoms with Gasteiger partial charge in [0.1, 0.15) is 6.04 Å². The normalized spacial score (nSPS) is 18.6. The predicted molar refractivity (Wildman–Crippen MR) is 79.5 cm³/mol. The van der Waals surface area contributed by atoms with Crippen LogP contribution in [0.15, 0.2) is 18.2 Å². The van der Waals surface area contributed by atoms with Gasteiger partial charge in [0.15, 0.2) is 11.6 Å². The summed E-state index contributed by atoms with van der Waals surface area (Å²) >= 11 is 0. The summed E-state index contributed by atoms with van der Waals surface area (Å²) < 4.78 is 31.1. The monoisotopic (exact) mass is 322 g/mol. The van der Waals surface area contributed by atoms with E-state index in [0.717, 1.165) is 12.1 Å². The molecule has 23 heavy (non-hydrogen) atoms. The molecule has 2 rings (SSSR count). The number of carbonyl (C=O) groups excluding carboxylic acids is 2. The molecule has 1 N–H and O–H groups in total. The van der Waals surface area contributed by atoms with E-state index in [-0.39, 0.29) is 37.1 Å². The van der Waals surface area contributed by atoms with Crippen LogP contribution in [0.2, 0.25) is 0 Å². The first kappa shape index (κ1) is 16.9. The van der Waals surface area contributed by atoms with Gasteiger partial charge in [-0.05, 0) is 12.1 Å². The van der Waals surface area contributed by atoms with E-state index in [4.69, 9.17) is 11.2 Å². The average Bonchev–Trinajstić information content (AvgIpc) is 2.91. The molecule has 1 aromatic rings. The van der Waals surface area contributed by atoms with Crippen molar-refractivity contribution in [3.8, 4) is 12.3 Å². The number of terminal acetylenes is 1. The predicted octanol–water partition coefficient (Wildman–Crippen LogP) is 1.08. The largest absolute Gasteiger partial charge is 0.382 e. The van der Waals surface area contributed by atoms with E-state index >= 15 is 0 Å². The molecule has 1 saturated heterocycles. The number of amides is 2. The molecule has 0 saturated carbocycles. The van der Waals surface area contributed by atoms with Crippen LogP contribution >= 0.6 is 0 Å². The van der Waals surface area contributed by atoms with Crippen LogP contribution in [-0.4, -0.2) is 38.1 Å². The first-order valence-electron chi connectivity index (χ1n) is 6.97. The third-order valence-electron chi connectivity index (χ3n) is 3.56. The van der Waals surface area contributed by atoms with Gasteiger partial charge >= 0.3 is 0 Å². The molecule has 2 unspecified atom stereocenters. The second kappa shape index (κ2) is 7.20. The minimum Gasteiger partial charge on any atom is -0.382 e. The third kappa shape index (κ3) is 3.85. The molecule has 1 aliphatic heterocycles. The molecule has 1 aromatic carbocycles. The van der Waals surface area contributed by atoms with Crippen molar-refractivity contribution in [1.82, 2.24) is 5.32 Å². The lowest BCUT2D eigenvalue weighted by molar-refractivity contribution is -0.126. The van der Waals surface area contributed by atoms with E-state index < -0.39 is 23.6 Å². The van der Waals surface area contributed by atoms with Crippen LogP contribution < -0.4 is 10.2 Å². The number of nitrogens with one attached hydrogen (secondary N) is 1. The molecule has 2 amide bonds. The second-order valence-electron chi connectivity index (χ2n) is 5.19. The lowest BCUT2D eigenvalue weighted by atomic mass is 10.1. The van der Waals surface area contributed by atoms with Gasteiger partial charge in [0.2, 0.25) is 11.8 Å². The topological polar surface area (TPSA) is 58.6 Å². The summed E-state index contributed by atoms with van der Waals surface area (Å²) in [5, 5.41) is 2.61. The standard InChI is InChI=1S/C16H16F2N2O3/c1-3-11(9-23-2)19-16(22)10-6-15(21)20(8-10)12-4-5-13(17)14(18)7-12/h1,4-5,7,10-11H,6,8-9H2,2H3,(H,19,22). The van der Waals surface area contributed by atoms with Crippen molar-refractivity contribution in [3.63, 3.8) is 0 Å². The van der Waals surface area contributed by atoms with E-state index in [1.807, 2.05) is 0 Å². The number of rotatable bonds is 5. The smallest absolute Gasteiger partial charge is 0.227 e. The number of nitrogens with zero attached hydrogens (tertiary/aromatic N) is 1. The van der Waals surface area contributed by atoms with Gasteiger partial charge in [-0.15, -0.1) is 6.42 Å². The van der Waals surface area contributed by atoms with Gasteiger partial charge in [0, 0.05) is 31.8 Å². The van der Waals surface area contributed by atoms with Gasteiger partial charge in [-0.2, -0.15) is 0 Å². The van der Waals surface area contributed by atoms with Crippen LogP contribution in [0.5, 0.6) is 0 Å². The van der Waals surface area contributed by atoms with Crippen molar-refractivity contribution in [2.45, 2.75) is 12.5 Å². The zero-order valence-electron chi connectivity index (χ0n) is 12.5. The number of anilines is 1. The van der Waals surface area contributed by atoms with Gasteiger partial charge in [-0.3, -0.25) is 9.59 Å². The number of ether oxygens (including phenoxy) is 1. The molecule has 0 aromatic heterocycles. The number of hydrogen-bond donors (Lipinski definition) is 1. The molecule has 2 atom stereocenters. The molecule has 7 heteroatoms. The summed E-state index contributed by atoms with van der Waals surface area (Å²) in [5.41, 5.74) is 0.217. The number of hydrogen-bond acceptors (Lipinski definition) is 3. The summed E-state index contributed by atoms with van der Waals surface area (Å²) in [6.07, 6.45) is 5.26. The van der Waals surface area contributed by atoms with Crippen LogP contribution in [0.1, 0.15) is 6.42 Å². The highest BCUT2D eigenvalue weighted by Gasteiger charge is 2.35. The molecular formula is C16H16F2N2O3. The van der Waals surface area contributed by atoms with Crippen LogP contribution in [0.3, 0.4) is 0 Å². The Morgan fingerprint density at radius 3 is 2.87 bits per heavy atom. The maximum absolute atomic E-state index is 13.3. The fourth-order valence-corrected chi connectivity index (χ4v) is 2.37. The van der Waals surface area contributed by atoms with Crippen LogP contribution in [0.25, 0.3) is 0 Å². The highest BCUT2D eigenvalue weighted by atomic mass is 19.2. The molecule has 0 spiro atoms. The average molecular weight is 322 g/mol. The van der Waals surface area contributed by atoms with E-state index in [0.29, 0.717) is 0 Å².